The highest BCUT2D eigenvalue weighted by Crippen LogP contribution is 2.27. The molecule has 2 aromatic rings. The van der Waals surface area contributed by atoms with E-state index >= 15 is 0 Å². The van der Waals surface area contributed by atoms with Gasteiger partial charge in [0.15, 0.2) is 0 Å². The maximum atomic E-state index is 11.6. The van der Waals surface area contributed by atoms with Gasteiger partial charge in [0, 0.05) is 19.0 Å². The number of nitriles is 1. The van der Waals surface area contributed by atoms with Crippen molar-refractivity contribution < 1.29 is 4.79 Å². The fourth-order valence-corrected chi connectivity index (χ4v) is 2.92. The molecular weight excluding hydrogens is 266 g/mol. The second-order valence-corrected chi connectivity index (χ2v) is 5.87. The lowest BCUT2D eigenvalue weighted by Crippen LogP contribution is -2.23. The number of fused-ring (bicyclic) bond motifs is 1. The Kier molecular flexibility index (Phi) is 3.84. The standard InChI is InChI=1S/C12H11N3OS2/c1-15(2)12(16)6-11-14-9-4-3-8(17-7-13)5-10(9)18-11/h3-5H,6H2,1-2H3. The molecule has 1 aromatic carbocycles. The number of thiazole rings is 1. The summed E-state index contributed by atoms with van der Waals surface area (Å²) in [4.78, 5) is 18.5. The topological polar surface area (TPSA) is 57.0 Å². The van der Waals surface area contributed by atoms with Crippen molar-refractivity contribution in [3.05, 3.63) is 23.2 Å². The number of aromatic nitrogens is 1. The number of carbonyl (C=O) groups excluding carboxylic acids is 1. The van der Waals surface area contributed by atoms with Crippen molar-refractivity contribution in [2.45, 2.75) is 11.3 Å². The van der Waals surface area contributed by atoms with E-state index in [4.69, 9.17) is 5.26 Å². The van der Waals surface area contributed by atoms with Gasteiger partial charge in [-0.05, 0) is 30.0 Å². The van der Waals surface area contributed by atoms with Crippen molar-refractivity contribution in [3.8, 4) is 5.40 Å². The van der Waals surface area contributed by atoms with Crippen LogP contribution in [0.15, 0.2) is 23.1 Å². The largest absolute Gasteiger partial charge is 0.348 e. The van der Waals surface area contributed by atoms with Crippen LogP contribution in [0.5, 0.6) is 0 Å². The number of hydrogen-bond donors (Lipinski definition) is 0. The van der Waals surface area contributed by atoms with Crippen molar-refractivity contribution in [2.75, 3.05) is 14.1 Å². The van der Waals surface area contributed by atoms with Crippen LogP contribution in [0, 0.1) is 10.7 Å². The fourth-order valence-electron chi connectivity index (χ4n) is 1.43. The molecule has 0 bridgehead atoms. The summed E-state index contributed by atoms with van der Waals surface area (Å²) in [5, 5.41) is 11.5. The molecule has 1 heterocycles. The average Bonchev–Trinajstić information content (AvgIpc) is 2.70. The summed E-state index contributed by atoms with van der Waals surface area (Å²) in [6.45, 7) is 0. The zero-order valence-corrected chi connectivity index (χ0v) is 11.6. The van der Waals surface area contributed by atoms with Gasteiger partial charge in [0.1, 0.15) is 10.4 Å². The summed E-state index contributed by atoms with van der Waals surface area (Å²) in [6, 6.07) is 5.69. The molecule has 18 heavy (non-hydrogen) atoms. The normalized spacial score (nSPS) is 10.3. The Hall–Kier alpha value is -1.58. The number of nitrogens with zero attached hydrogens (tertiary/aromatic N) is 3. The molecule has 0 saturated heterocycles. The molecule has 2 rings (SSSR count). The number of thioether (sulfide) groups is 1. The van der Waals surface area contributed by atoms with E-state index in [1.807, 2.05) is 23.6 Å². The van der Waals surface area contributed by atoms with E-state index in [2.05, 4.69) is 4.98 Å². The predicted molar refractivity (Wildman–Crippen MR) is 73.5 cm³/mol. The van der Waals surface area contributed by atoms with Crippen LogP contribution in [0.3, 0.4) is 0 Å². The molecule has 0 aliphatic carbocycles. The third kappa shape index (κ3) is 2.81. The molecule has 0 radical (unpaired) electrons. The number of amides is 1. The van der Waals surface area contributed by atoms with Gasteiger partial charge in [-0.2, -0.15) is 5.26 Å². The van der Waals surface area contributed by atoms with E-state index in [9.17, 15) is 4.79 Å². The van der Waals surface area contributed by atoms with E-state index < -0.39 is 0 Å². The van der Waals surface area contributed by atoms with Gasteiger partial charge in [-0.25, -0.2) is 4.98 Å². The first-order valence-corrected chi connectivity index (χ1v) is 6.89. The van der Waals surface area contributed by atoms with Crippen molar-refractivity contribution >= 4 is 39.2 Å². The molecule has 1 amide bonds. The number of rotatable bonds is 3. The van der Waals surface area contributed by atoms with E-state index in [1.54, 1.807) is 19.0 Å². The minimum atomic E-state index is 0.0423. The number of hydrogen-bond acceptors (Lipinski definition) is 5. The first-order valence-electron chi connectivity index (χ1n) is 5.25. The first kappa shape index (κ1) is 12.9. The van der Waals surface area contributed by atoms with Crippen molar-refractivity contribution in [2.24, 2.45) is 0 Å². The predicted octanol–water partition coefficient (Wildman–Crippen LogP) is 2.50. The van der Waals surface area contributed by atoms with Crippen molar-refractivity contribution in [3.63, 3.8) is 0 Å². The number of benzene rings is 1. The van der Waals surface area contributed by atoms with Crippen LogP contribution in [-0.4, -0.2) is 29.9 Å². The first-order chi connectivity index (χ1) is 8.60. The molecule has 92 valence electrons. The molecule has 0 N–H and O–H groups in total. The van der Waals surface area contributed by atoms with Gasteiger partial charge in [-0.3, -0.25) is 4.79 Å². The van der Waals surface area contributed by atoms with Crippen LogP contribution in [-0.2, 0) is 11.2 Å². The van der Waals surface area contributed by atoms with Gasteiger partial charge in [0.05, 0.1) is 16.6 Å². The van der Waals surface area contributed by atoms with Crippen LogP contribution >= 0.6 is 23.1 Å². The van der Waals surface area contributed by atoms with Crippen LogP contribution < -0.4 is 0 Å². The monoisotopic (exact) mass is 277 g/mol. The van der Waals surface area contributed by atoms with E-state index in [1.165, 1.54) is 11.3 Å². The molecule has 0 saturated carbocycles. The maximum absolute atomic E-state index is 11.6. The third-order valence-corrected chi connectivity index (χ3v) is 3.97. The quantitative estimate of drug-likeness (QED) is 0.639. The van der Waals surface area contributed by atoms with Crippen LogP contribution in [0.4, 0.5) is 0 Å². The highest BCUT2D eigenvalue weighted by atomic mass is 32.2. The average molecular weight is 277 g/mol. The zero-order valence-electron chi connectivity index (χ0n) is 10.0. The number of likely N-dealkylation sites (N-methyl/N-ethyl adjacent to an activating group) is 1. The van der Waals surface area contributed by atoms with Gasteiger partial charge >= 0.3 is 0 Å². The van der Waals surface area contributed by atoms with Crippen LogP contribution in [0.25, 0.3) is 10.2 Å². The molecule has 0 unspecified atom stereocenters. The highest BCUT2D eigenvalue weighted by molar-refractivity contribution is 8.03. The summed E-state index contributed by atoms with van der Waals surface area (Å²) in [5.74, 6) is 0.0423. The Morgan fingerprint density at radius 1 is 1.56 bits per heavy atom. The minimum Gasteiger partial charge on any atom is -0.348 e. The summed E-state index contributed by atoms with van der Waals surface area (Å²) < 4.78 is 1.01. The second kappa shape index (κ2) is 5.38. The number of carbonyl (C=O) groups is 1. The summed E-state index contributed by atoms with van der Waals surface area (Å²) >= 11 is 2.63. The highest BCUT2D eigenvalue weighted by Gasteiger charge is 2.10. The zero-order chi connectivity index (χ0) is 13.1. The van der Waals surface area contributed by atoms with Crippen molar-refractivity contribution in [1.82, 2.24) is 9.88 Å². The molecule has 0 aliphatic rings. The van der Waals surface area contributed by atoms with E-state index in [0.29, 0.717) is 6.42 Å². The van der Waals surface area contributed by atoms with Crippen molar-refractivity contribution in [1.29, 1.82) is 5.26 Å². The summed E-state index contributed by atoms with van der Waals surface area (Å²) in [5.41, 5.74) is 0.879. The van der Waals surface area contributed by atoms with E-state index in [-0.39, 0.29) is 5.91 Å². The van der Waals surface area contributed by atoms with Crippen LogP contribution in [0.1, 0.15) is 5.01 Å². The molecule has 0 atom stereocenters. The third-order valence-electron chi connectivity index (χ3n) is 2.37. The molecule has 4 nitrogen and oxygen atoms in total. The van der Waals surface area contributed by atoms with Gasteiger partial charge in [0.25, 0.3) is 0 Å². The molecule has 6 heteroatoms. The lowest BCUT2D eigenvalue weighted by atomic mass is 10.3. The minimum absolute atomic E-state index is 0.0423. The maximum Gasteiger partial charge on any atom is 0.228 e. The van der Waals surface area contributed by atoms with Gasteiger partial charge in [-0.1, -0.05) is 0 Å². The lowest BCUT2D eigenvalue weighted by molar-refractivity contribution is -0.127. The van der Waals surface area contributed by atoms with E-state index in [0.717, 1.165) is 31.9 Å². The Labute approximate surface area is 113 Å². The number of thiocyanates is 1. The summed E-state index contributed by atoms with van der Waals surface area (Å²) in [7, 11) is 3.47. The van der Waals surface area contributed by atoms with Gasteiger partial charge < -0.3 is 4.90 Å². The summed E-state index contributed by atoms with van der Waals surface area (Å²) in [6.07, 6.45) is 0.326. The SMILES string of the molecule is CN(C)C(=O)Cc1nc2ccc(SC#N)cc2s1. The molecule has 0 spiro atoms. The van der Waals surface area contributed by atoms with Gasteiger partial charge in [-0.15, -0.1) is 11.3 Å². The Bertz CT molecular complexity index is 628. The molecule has 0 aliphatic heterocycles. The molecule has 0 fully saturated rings. The lowest BCUT2D eigenvalue weighted by Gasteiger charge is -2.07. The Morgan fingerprint density at radius 3 is 3.00 bits per heavy atom. The van der Waals surface area contributed by atoms with Gasteiger partial charge in [0.2, 0.25) is 5.91 Å². The Morgan fingerprint density at radius 2 is 2.33 bits per heavy atom. The smallest absolute Gasteiger partial charge is 0.228 e. The van der Waals surface area contributed by atoms with Crippen LogP contribution in [0.2, 0.25) is 0 Å². The second-order valence-electron chi connectivity index (χ2n) is 3.90. The molecular formula is C12H11N3OS2. The fraction of sp³-hybridized carbons (Fsp3) is 0.250. The molecule has 1 aromatic heterocycles. The Balaban J connectivity index is 2.27.